The second-order valence-electron chi connectivity index (χ2n) is 6.34. The normalized spacial score (nSPS) is 24.0. The number of benzene rings is 1. The van der Waals surface area contributed by atoms with E-state index < -0.39 is 0 Å². The Kier molecular flexibility index (Phi) is 5.44. The molecule has 21 heavy (non-hydrogen) atoms. The highest BCUT2D eigenvalue weighted by Crippen LogP contribution is 2.24. The maximum atomic E-state index is 6.10. The number of rotatable bonds is 5. The molecule has 0 N–H and O–H groups in total. The number of nitrogens with zero attached hydrogens (tertiary/aromatic N) is 2. The molecule has 0 aliphatic carbocycles. The van der Waals surface area contributed by atoms with E-state index in [1.165, 1.54) is 57.4 Å². The first-order valence-corrected chi connectivity index (χ1v) is 8.88. The van der Waals surface area contributed by atoms with Crippen LogP contribution in [0.4, 0.5) is 0 Å². The molecule has 2 fully saturated rings. The summed E-state index contributed by atoms with van der Waals surface area (Å²) in [5, 5.41) is 1.32. The number of likely N-dealkylation sites (tertiary alicyclic amines) is 2. The van der Waals surface area contributed by atoms with Crippen LogP contribution in [0, 0.1) is 0 Å². The van der Waals surface area contributed by atoms with Crippen LogP contribution in [0.25, 0.3) is 0 Å². The molecule has 3 rings (SSSR count). The summed E-state index contributed by atoms with van der Waals surface area (Å²) in [7, 11) is 0. The molecule has 1 atom stereocenters. The van der Waals surface area contributed by atoms with Gasteiger partial charge in [-0.3, -0.25) is 4.90 Å². The van der Waals surface area contributed by atoms with Gasteiger partial charge < -0.3 is 4.90 Å². The molecular weight excluding hydrogens is 303 g/mol. The topological polar surface area (TPSA) is 6.48 Å². The van der Waals surface area contributed by atoms with E-state index in [0.717, 1.165) is 19.0 Å². The first-order valence-electron chi connectivity index (χ1n) is 8.13. The summed E-state index contributed by atoms with van der Waals surface area (Å²) in [6, 6.07) is 6.77. The van der Waals surface area contributed by atoms with Crippen molar-refractivity contribution in [1.82, 2.24) is 9.80 Å². The van der Waals surface area contributed by atoms with Crippen LogP contribution in [0.1, 0.15) is 31.2 Å². The van der Waals surface area contributed by atoms with E-state index in [1.807, 2.05) is 12.1 Å². The van der Waals surface area contributed by atoms with Gasteiger partial charge in [-0.1, -0.05) is 29.3 Å². The Bertz CT molecular complexity index is 472. The number of halogens is 2. The fourth-order valence-electron chi connectivity index (χ4n) is 3.63. The molecule has 4 heteroatoms. The molecule has 2 saturated heterocycles. The van der Waals surface area contributed by atoms with Crippen LogP contribution in [0.2, 0.25) is 10.0 Å². The quantitative estimate of drug-likeness (QED) is 0.803. The highest BCUT2D eigenvalue weighted by Gasteiger charge is 2.26. The molecule has 2 nitrogen and oxygen atoms in total. The van der Waals surface area contributed by atoms with E-state index in [9.17, 15) is 0 Å². The molecule has 0 amide bonds. The third-order valence-corrected chi connectivity index (χ3v) is 5.58. The van der Waals surface area contributed by atoms with E-state index in [4.69, 9.17) is 23.2 Å². The molecule has 2 aliphatic heterocycles. The Morgan fingerprint density at radius 3 is 2.57 bits per heavy atom. The van der Waals surface area contributed by atoms with Crippen molar-refractivity contribution in [3.8, 4) is 0 Å². The second kappa shape index (κ2) is 7.32. The first-order chi connectivity index (χ1) is 10.2. The zero-order valence-electron chi connectivity index (χ0n) is 12.5. The van der Waals surface area contributed by atoms with Gasteiger partial charge in [-0.05, 0) is 69.4 Å². The van der Waals surface area contributed by atoms with Gasteiger partial charge in [0.15, 0.2) is 0 Å². The van der Waals surface area contributed by atoms with Crippen molar-refractivity contribution >= 4 is 23.2 Å². The summed E-state index contributed by atoms with van der Waals surface area (Å²) < 4.78 is 0. The van der Waals surface area contributed by atoms with E-state index in [-0.39, 0.29) is 0 Å². The molecule has 1 aromatic rings. The smallest absolute Gasteiger partial charge is 0.0595 e. The third kappa shape index (κ3) is 4.13. The van der Waals surface area contributed by atoms with Crippen LogP contribution in [-0.4, -0.2) is 48.6 Å². The van der Waals surface area contributed by atoms with Gasteiger partial charge in [0.05, 0.1) is 10.0 Å². The van der Waals surface area contributed by atoms with Crippen molar-refractivity contribution in [3.63, 3.8) is 0 Å². The van der Waals surface area contributed by atoms with Gasteiger partial charge in [0.2, 0.25) is 0 Å². The van der Waals surface area contributed by atoms with Gasteiger partial charge in [-0.25, -0.2) is 0 Å². The maximum absolute atomic E-state index is 6.10. The fraction of sp³-hybridized carbons (Fsp3) is 0.647. The third-order valence-electron chi connectivity index (χ3n) is 4.84. The Morgan fingerprint density at radius 1 is 1.00 bits per heavy atom. The Hall–Kier alpha value is -0.280. The summed E-state index contributed by atoms with van der Waals surface area (Å²) in [6.45, 7) is 6.26. The van der Waals surface area contributed by atoms with Crippen LogP contribution >= 0.6 is 23.2 Å². The minimum absolute atomic E-state index is 0.647. The molecular formula is C17H24Cl2N2. The van der Waals surface area contributed by atoms with Gasteiger partial charge in [0.25, 0.3) is 0 Å². The lowest BCUT2D eigenvalue weighted by molar-refractivity contribution is 0.193. The standard InChI is InChI=1S/C17H24Cl2N2/c18-16-6-5-14(12-17(16)19)7-11-21-10-3-4-15(21)13-20-8-1-2-9-20/h5-6,12,15H,1-4,7-11,13H2. The second-order valence-corrected chi connectivity index (χ2v) is 7.15. The summed E-state index contributed by atoms with van der Waals surface area (Å²) in [6.07, 6.45) is 6.54. The molecule has 2 aliphatic rings. The summed E-state index contributed by atoms with van der Waals surface area (Å²) in [5.74, 6) is 0. The van der Waals surface area contributed by atoms with Gasteiger partial charge >= 0.3 is 0 Å². The van der Waals surface area contributed by atoms with Crippen molar-refractivity contribution < 1.29 is 0 Å². The Balaban J connectivity index is 1.52. The lowest BCUT2D eigenvalue weighted by Crippen LogP contribution is -2.40. The largest absolute Gasteiger partial charge is 0.302 e. The highest BCUT2D eigenvalue weighted by atomic mass is 35.5. The number of hydrogen-bond donors (Lipinski definition) is 0. The highest BCUT2D eigenvalue weighted by molar-refractivity contribution is 6.42. The Morgan fingerprint density at radius 2 is 1.81 bits per heavy atom. The molecule has 0 spiro atoms. The molecule has 0 aromatic heterocycles. The molecule has 116 valence electrons. The zero-order chi connectivity index (χ0) is 14.7. The van der Waals surface area contributed by atoms with Gasteiger partial charge in [0, 0.05) is 19.1 Å². The molecule has 0 radical (unpaired) electrons. The van der Waals surface area contributed by atoms with Gasteiger partial charge in [-0.15, -0.1) is 0 Å². The van der Waals surface area contributed by atoms with Crippen molar-refractivity contribution in [1.29, 1.82) is 0 Å². The monoisotopic (exact) mass is 326 g/mol. The van der Waals surface area contributed by atoms with Crippen LogP contribution in [-0.2, 0) is 6.42 Å². The SMILES string of the molecule is Clc1ccc(CCN2CCCC2CN2CCCC2)cc1Cl. The minimum atomic E-state index is 0.647. The van der Waals surface area contributed by atoms with Crippen LogP contribution < -0.4 is 0 Å². The molecule has 0 bridgehead atoms. The van der Waals surface area contributed by atoms with Crippen molar-refractivity contribution in [2.24, 2.45) is 0 Å². The molecule has 1 aromatic carbocycles. The lowest BCUT2D eigenvalue weighted by Gasteiger charge is -2.28. The van der Waals surface area contributed by atoms with Crippen molar-refractivity contribution in [2.75, 3.05) is 32.7 Å². The minimum Gasteiger partial charge on any atom is -0.302 e. The summed E-state index contributed by atoms with van der Waals surface area (Å²) >= 11 is 12.1. The number of hydrogen-bond acceptors (Lipinski definition) is 2. The fourth-order valence-corrected chi connectivity index (χ4v) is 3.95. The van der Waals surface area contributed by atoms with E-state index >= 15 is 0 Å². The molecule has 2 heterocycles. The van der Waals surface area contributed by atoms with Crippen LogP contribution in [0.15, 0.2) is 18.2 Å². The maximum Gasteiger partial charge on any atom is 0.0595 e. The average Bonchev–Trinajstić information content (AvgIpc) is 3.13. The van der Waals surface area contributed by atoms with E-state index in [1.54, 1.807) is 0 Å². The summed E-state index contributed by atoms with van der Waals surface area (Å²) in [5.41, 5.74) is 1.29. The van der Waals surface area contributed by atoms with Crippen molar-refractivity contribution in [2.45, 2.75) is 38.1 Å². The lowest BCUT2D eigenvalue weighted by atomic mass is 10.1. The zero-order valence-corrected chi connectivity index (χ0v) is 14.0. The first kappa shape index (κ1) is 15.6. The van der Waals surface area contributed by atoms with E-state index in [0.29, 0.717) is 10.0 Å². The predicted molar refractivity (Wildman–Crippen MR) is 90.4 cm³/mol. The van der Waals surface area contributed by atoms with Crippen molar-refractivity contribution in [3.05, 3.63) is 33.8 Å². The van der Waals surface area contributed by atoms with Crippen LogP contribution in [0.5, 0.6) is 0 Å². The predicted octanol–water partition coefficient (Wildman–Crippen LogP) is 4.10. The average molecular weight is 327 g/mol. The molecule has 1 unspecified atom stereocenters. The summed E-state index contributed by atoms with van der Waals surface area (Å²) in [4.78, 5) is 5.31. The Labute approximate surface area is 138 Å². The van der Waals surface area contributed by atoms with Gasteiger partial charge in [-0.2, -0.15) is 0 Å². The van der Waals surface area contributed by atoms with Gasteiger partial charge in [0.1, 0.15) is 0 Å². The van der Waals surface area contributed by atoms with E-state index in [2.05, 4.69) is 15.9 Å². The van der Waals surface area contributed by atoms with Crippen LogP contribution in [0.3, 0.4) is 0 Å². The molecule has 0 saturated carbocycles.